The molecule has 8 heteroatoms. The summed E-state index contributed by atoms with van der Waals surface area (Å²) in [6.45, 7) is 4.16. The predicted octanol–water partition coefficient (Wildman–Crippen LogP) is 6.95. The summed E-state index contributed by atoms with van der Waals surface area (Å²) in [5.41, 5.74) is 4.24. The number of ether oxygens (including phenoxy) is 1. The smallest absolute Gasteiger partial charge is 0.277 e. The van der Waals surface area contributed by atoms with Gasteiger partial charge >= 0.3 is 0 Å². The van der Waals surface area contributed by atoms with Gasteiger partial charge in [-0.05, 0) is 54.3 Å². The molecule has 1 amide bonds. The Labute approximate surface area is 195 Å². The number of amides is 1. The lowest BCUT2D eigenvalue weighted by Gasteiger charge is -2.10. The summed E-state index contributed by atoms with van der Waals surface area (Å²) in [4.78, 5) is 11.9. The Hall–Kier alpha value is -2.47. The highest BCUT2D eigenvalue weighted by Crippen LogP contribution is 2.35. The van der Waals surface area contributed by atoms with E-state index in [9.17, 15) is 4.79 Å². The summed E-state index contributed by atoms with van der Waals surface area (Å²) in [5, 5.41) is 5.03. The summed E-state index contributed by atoms with van der Waals surface area (Å²) >= 11 is 18.2. The topological polar surface area (TPSA) is 63.8 Å². The van der Waals surface area contributed by atoms with Crippen LogP contribution < -0.4 is 10.2 Å². The number of halogens is 3. The van der Waals surface area contributed by atoms with Gasteiger partial charge in [0.05, 0.1) is 21.3 Å². The highest BCUT2D eigenvalue weighted by atomic mass is 35.5. The Morgan fingerprint density at radius 3 is 2.52 bits per heavy atom. The van der Waals surface area contributed by atoms with E-state index in [1.165, 1.54) is 11.8 Å². The van der Waals surface area contributed by atoms with Crippen molar-refractivity contribution in [1.82, 2.24) is 5.43 Å². The van der Waals surface area contributed by atoms with Gasteiger partial charge in [0.1, 0.15) is 17.3 Å². The minimum absolute atomic E-state index is 0.150. The zero-order valence-electron chi connectivity index (χ0n) is 17.0. The second-order valence-electron chi connectivity index (χ2n) is 6.91. The van der Waals surface area contributed by atoms with Crippen LogP contribution in [0.25, 0.3) is 11.3 Å². The first-order valence-corrected chi connectivity index (χ1v) is 10.8. The third kappa shape index (κ3) is 6.26. The minimum Gasteiger partial charge on any atom is -0.484 e. The summed E-state index contributed by atoms with van der Waals surface area (Å²) in [7, 11) is 0. The van der Waals surface area contributed by atoms with Gasteiger partial charge in [0, 0.05) is 5.56 Å². The number of nitrogens with zero attached hydrogens (tertiary/aromatic N) is 1. The molecule has 0 unspecified atom stereocenters. The molecule has 0 aliphatic rings. The van der Waals surface area contributed by atoms with Crippen molar-refractivity contribution in [3.63, 3.8) is 0 Å². The number of benzene rings is 2. The lowest BCUT2D eigenvalue weighted by Crippen LogP contribution is -2.24. The molecule has 31 heavy (non-hydrogen) atoms. The number of carbonyl (C=O) groups excluding carboxylic acids is 1. The maximum absolute atomic E-state index is 11.9. The molecule has 0 radical (unpaired) electrons. The van der Waals surface area contributed by atoms with Gasteiger partial charge in [-0.2, -0.15) is 5.10 Å². The number of furan rings is 1. The molecule has 1 N–H and O–H groups in total. The fourth-order valence-electron chi connectivity index (χ4n) is 2.76. The van der Waals surface area contributed by atoms with Crippen LogP contribution in [0.15, 0.2) is 58.0 Å². The molecular formula is C23H21Cl3N2O3. The molecule has 1 aromatic heterocycles. The van der Waals surface area contributed by atoms with Crippen LogP contribution in [0.4, 0.5) is 0 Å². The largest absolute Gasteiger partial charge is 0.484 e. The second-order valence-corrected chi connectivity index (χ2v) is 8.13. The molecule has 5 nitrogen and oxygen atoms in total. The Morgan fingerprint density at radius 2 is 1.81 bits per heavy atom. The van der Waals surface area contributed by atoms with E-state index in [1.807, 2.05) is 24.3 Å². The van der Waals surface area contributed by atoms with E-state index in [-0.39, 0.29) is 12.5 Å². The van der Waals surface area contributed by atoms with Crippen molar-refractivity contribution >= 4 is 46.9 Å². The van der Waals surface area contributed by atoms with Gasteiger partial charge in [-0.15, -0.1) is 0 Å². The van der Waals surface area contributed by atoms with Crippen LogP contribution in [-0.4, -0.2) is 18.7 Å². The van der Waals surface area contributed by atoms with Crippen LogP contribution in [0.5, 0.6) is 5.75 Å². The maximum atomic E-state index is 11.9. The number of hydrazone groups is 1. The zero-order valence-corrected chi connectivity index (χ0v) is 19.3. The standard InChI is InChI=1S/C23H21Cl3N2O3/c1-3-14(2)15-4-6-16(7-5-15)30-13-23(29)28-27-12-17-8-9-22(31-17)18-10-20(25)21(26)11-19(18)24/h4-12,14H,3,13H2,1-2H3,(H,28,29)/b27-12-/t14-/m0/s1. The molecule has 1 atom stereocenters. The van der Waals surface area contributed by atoms with Crippen molar-refractivity contribution in [3.05, 3.63) is 74.9 Å². The third-order valence-electron chi connectivity index (χ3n) is 4.71. The zero-order chi connectivity index (χ0) is 22.4. The molecule has 0 aliphatic carbocycles. The van der Waals surface area contributed by atoms with Gasteiger partial charge in [0.25, 0.3) is 5.91 Å². The summed E-state index contributed by atoms with van der Waals surface area (Å²) in [6, 6.07) is 14.3. The molecule has 3 rings (SSSR count). The van der Waals surface area contributed by atoms with E-state index in [1.54, 1.807) is 24.3 Å². The minimum atomic E-state index is -0.387. The molecule has 0 fully saturated rings. The quantitative estimate of drug-likeness (QED) is 0.216. The molecule has 0 bridgehead atoms. The van der Waals surface area contributed by atoms with Crippen molar-refractivity contribution in [2.45, 2.75) is 26.2 Å². The van der Waals surface area contributed by atoms with Crippen molar-refractivity contribution in [2.24, 2.45) is 5.10 Å². The molecule has 0 spiro atoms. The first-order chi connectivity index (χ1) is 14.9. The fraction of sp³-hybridized carbons (Fsp3) is 0.217. The van der Waals surface area contributed by atoms with Gasteiger partial charge in [0.2, 0.25) is 0 Å². The van der Waals surface area contributed by atoms with E-state index in [0.717, 1.165) is 6.42 Å². The Bertz CT molecular complexity index is 1080. The molecule has 2 aromatic carbocycles. The number of rotatable bonds is 8. The van der Waals surface area contributed by atoms with Gasteiger partial charge in [-0.1, -0.05) is 60.8 Å². The Morgan fingerprint density at radius 1 is 1.10 bits per heavy atom. The van der Waals surface area contributed by atoms with Crippen molar-refractivity contribution < 1.29 is 13.9 Å². The Balaban J connectivity index is 1.52. The van der Waals surface area contributed by atoms with Gasteiger partial charge in [-0.3, -0.25) is 4.79 Å². The predicted molar refractivity (Wildman–Crippen MR) is 126 cm³/mol. The molecule has 0 aliphatic heterocycles. The van der Waals surface area contributed by atoms with Crippen LogP contribution in [0.1, 0.15) is 37.5 Å². The van der Waals surface area contributed by atoms with Crippen molar-refractivity contribution in [1.29, 1.82) is 0 Å². The maximum Gasteiger partial charge on any atom is 0.277 e. The van der Waals surface area contributed by atoms with Crippen LogP contribution in [0.3, 0.4) is 0 Å². The molecule has 0 saturated heterocycles. The molecular weight excluding hydrogens is 459 g/mol. The van der Waals surface area contributed by atoms with E-state index in [0.29, 0.717) is 43.8 Å². The summed E-state index contributed by atoms with van der Waals surface area (Å²) < 4.78 is 11.2. The SMILES string of the molecule is CC[C@H](C)c1ccc(OCC(=O)N/N=C\c2ccc(-c3cc(Cl)c(Cl)cc3Cl)o2)cc1. The van der Waals surface area contributed by atoms with Crippen molar-refractivity contribution in [2.75, 3.05) is 6.61 Å². The van der Waals surface area contributed by atoms with Crippen LogP contribution >= 0.6 is 34.8 Å². The molecule has 1 heterocycles. The lowest BCUT2D eigenvalue weighted by atomic mass is 9.99. The first-order valence-electron chi connectivity index (χ1n) is 9.66. The normalized spacial score (nSPS) is 12.2. The summed E-state index contributed by atoms with van der Waals surface area (Å²) in [5.74, 6) is 1.66. The van der Waals surface area contributed by atoms with Gasteiger partial charge in [-0.25, -0.2) is 5.43 Å². The second kappa shape index (κ2) is 10.7. The Kier molecular flexibility index (Phi) is 8.02. The van der Waals surface area contributed by atoms with E-state index >= 15 is 0 Å². The third-order valence-corrected chi connectivity index (χ3v) is 5.75. The van der Waals surface area contributed by atoms with Crippen molar-refractivity contribution in [3.8, 4) is 17.1 Å². The van der Waals surface area contributed by atoms with Crippen LogP contribution in [0.2, 0.25) is 15.1 Å². The van der Waals surface area contributed by atoms with Gasteiger partial charge in [0.15, 0.2) is 6.61 Å². The highest BCUT2D eigenvalue weighted by molar-refractivity contribution is 6.44. The lowest BCUT2D eigenvalue weighted by molar-refractivity contribution is -0.123. The average Bonchev–Trinajstić information content (AvgIpc) is 3.23. The number of nitrogens with one attached hydrogen (secondary N) is 1. The first kappa shape index (κ1) is 23.2. The number of hydrogen-bond donors (Lipinski definition) is 1. The average molecular weight is 480 g/mol. The fourth-order valence-corrected chi connectivity index (χ4v) is 3.40. The van der Waals surface area contributed by atoms with Gasteiger partial charge < -0.3 is 9.15 Å². The van der Waals surface area contributed by atoms with Crippen LogP contribution in [-0.2, 0) is 4.79 Å². The molecule has 0 saturated carbocycles. The molecule has 3 aromatic rings. The monoisotopic (exact) mass is 478 g/mol. The molecule has 162 valence electrons. The number of hydrogen-bond acceptors (Lipinski definition) is 4. The van der Waals surface area contributed by atoms with E-state index in [4.69, 9.17) is 44.0 Å². The van der Waals surface area contributed by atoms with Crippen LogP contribution in [0, 0.1) is 0 Å². The van der Waals surface area contributed by atoms with E-state index in [2.05, 4.69) is 24.4 Å². The number of carbonyl (C=O) groups is 1. The summed E-state index contributed by atoms with van der Waals surface area (Å²) in [6.07, 6.45) is 2.45. The highest BCUT2D eigenvalue weighted by Gasteiger charge is 2.11. The van der Waals surface area contributed by atoms with E-state index < -0.39 is 0 Å².